The van der Waals surface area contributed by atoms with Crippen LogP contribution in [0.3, 0.4) is 0 Å². The monoisotopic (exact) mass is 381 g/mol. The number of amides is 1. The zero-order chi connectivity index (χ0) is 19.8. The van der Waals surface area contributed by atoms with Gasteiger partial charge < -0.3 is 10.4 Å². The third-order valence-electron chi connectivity index (χ3n) is 3.47. The molecule has 0 aliphatic carbocycles. The van der Waals surface area contributed by atoms with E-state index in [0.29, 0.717) is 5.56 Å². The summed E-state index contributed by atoms with van der Waals surface area (Å²) >= 11 is 0. The fraction of sp³-hybridized carbons (Fsp3) is 0.0667. The SMILES string of the molecule is O=C(Nc1ccc(-c2cc(C(F)(F)F)[nH]n2)cc1)c1c(O)[nH]c(=O)[nH]c1=O. The van der Waals surface area contributed by atoms with Crippen molar-refractivity contribution in [3.8, 4) is 17.1 Å². The van der Waals surface area contributed by atoms with E-state index in [1.807, 2.05) is 10.1 Å². The minimum absolute atomic E-state index is 0.0509. The molecule has 140 valence electrons. The predicted molar refractivity (Wildman–Crippen MR) is 86.3 cm³/mol. The third-order valence-corrected chi connectivity index (χ3v) is 3.47. The molecule has 0 saturated heterocycles. The first-order chi connectivity index (χ1) is 12.6. The molecule has 2 heterocycles. The lowest BCUT2D eigenvalue weighted by Gasteiger charge is -2.06. The summed E-state index contributed by atoms with van der Waals surface area (Å²) in [5.41, 5.74) is -3.15. The van der Waals surface area contributed by atoms with Gasteiger partial charge in [-0.3, -0.25) is 24.7 Å². The van der Waals surface area contributed by atoms with Crippen molar-refractivity contribution in [3.05, 3.63) is 62.4 Å². The smallest absolute Gasteiger partial charge is 0.432 e. The number of anilines is 1. The van der Waals surface area contributed by atoms with Crippen molar-refractivity contribution in [2.24, 2.45) is 0 Å². The molecule has 0 unspecified atom stereocenters. The lowest BCUT2D eigenvalue weighted by molar-refractivity contribution is -0.141. The van der Waals surface area contributed by atoms with Crippen LogP contribution in [-0.4, -0.2) is 31.2 Å². The van der Waals surface area contributed by atoms with Crippen LogP contribution in [0.15, 0.2) is 39.9 Å². The van der Waals surface area contributed by atoms with Gasteiger partial charge in [0.25, 0.3) is 11.5 Å². The van der Waals surface area contributed by atoms with E-state index in [1.54, 1.807) is 4.98 Å². The molecule has 0 saturated carbocycles. The van der Waals surface area contributed by atoms with Crippen LogP contribution in [0.5, 0.6) is 5.88 Å². The molecule has 0 atom stereocenters. The highest BCUT2D eigenvalue weighted by molar-refractivity contribution is 6.05. The van der Waals surface area contributed by atoms with E-state index in [-0.39, 0.29) is 11.4 Å². The number of rotatable bonds is 3. The first-order valence-electron chi connectivity index (χ1n) is 7.25. The molecule has 12 heteroatoms. The average Bonchev–Trinajstić information content (AvgIpc) is 3.04. The average molecular weight is 381 g/mol. The highest BCUT2D eigenvalue weighted by atomic mass is 19.4. The summed E-state index contributed by atoms with van der Waals surface area (Å²) in [4.78, 5) is 38.4. The minimum atomic E-state index is -4.55. The fourth-order valence-corrected chi connectivity index (χ4v) is 2.22. The van der Waals surface area contributed by atoms with Crippen molar-refractivity contribution in [1.82, 2.24) is 20.2 Å². The number of H-pyrrole nitrogens is 3. The zero-order valence-electron chi connectivity index (χ0n) is 13.1. The molecule has 3 rings (SSSR count). The number of carbonyl (C=O) groups excluding carboxylic acids is 1. The van der Waals surface area contributed by atoms with Gasteiger partial charge in [0.15, 0.2) is 5.56 Å². The molecule has 0 radical (unpaired) electrons. The summed E-state index contributed by atoms with van der Waals surface area (Å²) in [6.07, 6.45) is -4.55. The first kappa shape index (κ1) is 18.0. The van der Waals surface area contributed by atoms with Gasteiger partial charge in [0.2, 0.25) is 5.88 Å². The van der Waals surface area contributed by atoms with E-state index in [2.05, 4.69) is 10.4 Å². The molecule has 5 N–H and O–H groups in total. The third kappa shape index (κ3) is 3.73. The predicted octanol–water partition coefficient (Wildman–Crippen LogP) is 1.43. The van der Waals surface area contributed by atoms with E-state index in [0.717, 1.165) is 6.07 Å². The Morgan fingerprint density at radius 2 is 1.78 bits per heavy atom. The summed E-state index contributed by atoms with van der Waals surface area (Å²) in [6, 6.07) is 6.38. The van der Waals surface area contributed by atoms with Crippen molar-refractivity contribution >= 4 is 11.6 Å². The first-order valence-corrected chi connectivity index (χ1v) is 7.25. The highest BCUT2D eigenvalue weighted by Crippen LogP contribution is 2.30. The summed E-state index contributed by atoms with van der Waals surface area (Å²) < 4.78 is 37.8. The number of nitrogens with one attached hydrogen (secondary N) is 4. The molecule has 0 fully saturated rings. The molecule has 1 amide bonds. The van der Waals surface area contributed by atoms with Crippen molar-refractivity contribution in [1.29, 1.82) is 0 Å². The van der Waals surface area contributed by atoms with Crippen LogP contribution < -0.4 is 16.6 Å². The van der Waals surface area contributed by atoms with Gasteiger partial charge >= 0.3 is 11.9 Å². The van der Waals surface area contributed by atoms with Gasteiger partial charge in [-0.15, -0.1) is 0 Å². The molecule has 9 nitrogen and oxygen atoms in total. The normalized spacial score (nSPS) is 11.4. The largest absolute Gasteiger partial charge is 0.494 e. The van der Waals surface area contributed by atoms with Crippen LogP contribution >= 0.6 is 0 Å². The Balaban J connectivity index is 1.80. The highest BCUT2D eigenvalue weighted by Gasteiger charge is 2.33. The van der Waals surface area contributed by atoms with Crippen LogP contribution in [-0.2, 0) is 6.18 Å². The van der Waals surface area contributed by atoms with E-state index >= 15 is 0 Å². The maximum Gasteiger partial charge on any atom is 0.432 e. The van der Waals surface area contributed by atoms with Crippen molar-refractivity contribution in [2.75, 3.05) is 5.32 Å². The van der Waals surface area contributed by atoms with Crippen LogP contribution in [0.25, 0.3) is 11.3 Å². The van der Waals surface area contributed by atoms with Crippen LogP contribution in [0.4, 0.5) is 18.9 Å². The van der Waals surface area contributed by atoms with Gasteiger partial charge in [-0.25, -0.2) is 4.79 Å². The molecule has 0 spiro atoms. The molecular weight excluding hydrogens is 371 g/mol. The van der Waals surface area contributed by atoms with Crippen molar-refractivity contribution < 1.29 is 23.1 Å². The number of hydrogen-bond acceptors (Lipinski definition) is 5. The Labute approximate surface area is 146 Å². The lowest BCUT2D eigenvalue weighted by atomic mass is 10.1. The van der Waals surface area contributed by atoms with Crippen molar-refractivity contribution in [3.63, 3.8) is 0 Å². The van der Waals surface area contributed by atoms with E-state index in [1.165, 1.54) is 24.3 Å². The number of aromatic amines is 3. The summed E-state index contributed by atoms with van der Waals surface area (Å²) in [7, 11) is 0. The van der Waals surface area contributed by atoms with E-state index in [9.17, 15) is 32.7 Å². The second-order valence-corrected chi connectivity index (χ2v) is 5.33. The molecule has 2 aromatic heterocycles. The Bertz CT molecular complexity index is 1110. The number of aromatic hydroxyl groups is 1. The Morgan fingerprint density at radius 3 is 2.33 bits per heavy atom. The van der Waals surface area contributed by atoms with Gasteiger partial charge in [-0.1, -0.05) is 12.1 Å². The Kier molecular flexibility index (Phi) is 4.31. The standard InChI is InChI=1S/C15H10F3N5O4/c16-15(17,18)9-5-8(22-23-9)6-1-3-7(4-2-6)19-11(24)10-12(25)20-14(27)21-13(10)26/h1-5H,(H,19,24)(H,22,23)(H3,20,21,25,26,27). The Morgan fingerprint density at radius 1 is 1.11 bits per heavy atom. The zero-order valence-corrected chi connectivity index (χ0v) is 13.1. The number of halogens is 3. The van der Waals surface area contributed by atoms with Crippen molar-refractivity contribution in [2.45, 2.75) is 6.18 Å². The number of nitrogens with zero attached hydrogens (tertiary/aromatic N) is 1. The lowest BCUT2D eigenvalue weighted by Crippen LogP contribution is -2.30. The Hall–Kier alpha value is -3.83. The van der Waals surface area contributed by atoms with Gasteiger partial charge in [0.1, 0.15) is 5.69 Å². The molecule has 1 aromatic carbocycles. The number of hydrogen-bond donors (Lipinski definition) is 5. The molecular formula is C15H10F3N5O4. The molecule has 27 heavy (non-hydrogen) atoms. The van der Waals surface area contributed by atoms with Gasteiger partial charge in [-0.2, -0.15) is 18.3 Å². The van der Waals surface area contributed by atoms with Gasteiger partial charge in [0.05, 0.1) is 5.69 Å². The summed E-state index contributed by atoms with van der Waals surface area (Å²) in [6.45, 7) is 0. The molecule has 0 aliphatic heterocycles. The van der Waals surface area contributed by atoms with Crippen LogP contribution in [0.2, 0.25) is 0 Å². The quantitative estimate of drug-likeness (QED) is 0.466. The second-order valence-electron chi connectivity index (χ2n) is 5.33. The maximum atomic E-state index is 12.6. The van der Waals surface area contributed by atoms with Crippen LogP contribution in [0.1, 0.15) is 16.1 Å². The number of alkyl halides is 3. The summed E-state index contributed by atoms with van der Waals surface area (Å²) in [5, 5.41) is 17.3. The molecule has 0 aliphatic rings. The van der Waals surface area contributed by atoms with E-state index in [4.69, 9.17) is 0 Å². The number of benzene rings is 1. The van der Waals surface area contributed by atoms with Gasteiger partial charge in [0, 0.05) is 11.3 Å². The molecule has 3 aromatic rings. The number of carbonyl (C=O) groups is 1. The van der Waals surface area contributed by atoms with Gasteiger partial charge in [-0.05, 0) is 18.2 Å². The number of aromatic nitrogens is 4. The minimum Gasteiger partial charge on any atom is -0.494 e. The fourth-order valence-electron chi connectivity index (χ4n) is 2.22. The topological polar surface area (TPSA) is 144 Å². The second kappa shape index (κ2) is 6.48. The van der Waals surface area contributed by atoms with Crippen LogP contribution in [0, 0.1) is 0 Å². The maximum absolute atomic E-state index is 12.6. The van der Waals surface area contributed by atoms with E-state index < -0.39 is 40.5 Å². The summed E-state index contributed by atoms with van der Waals surface area (Å²) in [5.74, 6) is -1.88. The molecule has 0 bridgehead atoms.